The van der Waals surface area contributed by atoms with Gasteiger partial charge in [-0.15, -0.1) is 0 Å². The maximum Gasteiger partial charge on any atom is 0.250 e. The van der Waals surface area contributed by atoms with E-state index in [1.807, 2.05) is 37.9 Å². The van der Waals surface area contributed by atoms with Crippen LogP contribution in [0.3, 0.4) is 0 Å². The van der Waals surface area contributed by atoms with E-state index in [0.29, 0.717) is 37.9 Å². The molecule has 1 aliphatic carbocycles. The van der Waals surface area contributed by atoms with Crippen LogP contribution in [-0.2, 0) is 27.2 Å². The average molecular weight is 535 g/mol. The molecule has 0 radical (unpaired) electrons. The Balaban J connectivity index is 1.54. The Bertz CT molecular complexity index is 1190. The fraction of sp³-hybridized carbons (Fsp3) is 0.516. The van der Waals surface area contributed by atoms with Crippen LogP contribution >= 0.6 is 0 Å². The van der Waals surface area contributed by atoms with Crippen molar-refractivity contribution in [2.45, 2.75) is 57.7 Å². The monoisotopic (exact) mass is 534 g/mol. The van der Waals surface area contributed by atoms with Gasteiger partial charge in [0.05, 0.1) is 0 Å². The third-order valence-corrected chi connectivity index (χ3v) is 8.43. The van der Waals surface area contributed by atoms with Gasteiger partial charge in [-0.2, -0.15) is 0 Å². The molecule has 3 atom stereocenters. The van der Waals surface area contributed by atoms with Crippen molar-refractivity contribution in [1.82, 2.24) is 20.0 Å². The minimum absolute atomic E-state index is 0.0860. The zero-order valence-corrected chi connectivity index (χ0v) is 23.1. The highest BCUT2D eigenvalue weighted by molar-refractivity contribution is 6.00. The lowest BCUT2D eigenvalue weighted by Crippen LogP contribution is -2.67. The number of carbonyl (C=O) groups is 3. The van der Waals surface area contributed by atoms with E-state index in [2.05, 4.69) is 22.3 Å². The molecule has 8 heteroatoms. The van der Waals surface area contributed by atoms with Gasteiger partial charge in [-0.25, -0.2) is 4.39 Å². The van der Waals surface area contributed by atoms with Crippen molar-refractivity contribution in [2.24, 2.45) is 11.8 Å². The molecule has 0 aromatic heterocycles. The molecule has 3 amide bonds. The summed E-state index contributed by atoms with van der Waals surface area (Å²) in [5, 5.41) is 3.06. The van der Waals surface area contributed by atoms with Gasteiger partial charge in [-0.05, 0) is 79.9 Å². The highest BCUT2D eigenvalue weighted by atomic mass is 19.1. The number of fused-ring (bicyclic) bond motifs is 1. The summed E-state index contributed by atoms with van der Waals surface area (Å²) >= 11 is 0. The van der Waals surface area contributed by atoms with Gasteiger partial charge >= 0.3 is 0 Å². The van der Waals surface area contributed by atoms with Gasteiger partial charge in [0.25, 0.3) is 0 Å². The van der Waals surface area contributed by atoms with E-state index < -0.39 is 23.9 Å². The summed E-state index contributed by atoms with van der Waals surface area (Å²) in [5.74, 6) is -1.03. The molecule has 2 aromatic rings. The number of benzene rings is 2. The number of halogens is 1. The number of hydrogen-bond acceptors (Lipinski definition) is 4. The first-order valence-electron chi connectivity index (χ1n) is 14.1. The molecule has 1 unspecified atom stereocenters. The summed E-state index contributed by atoms with van der Waals surface area (Å²) in [7, 11) is 2.03. The number of carbonyl (C=O) groups excluding carboxylic acids is 3. The van der Waals surface area contributed by atoms with Crippen LogP contribution in [0.25, 0.3) is 0 Å². The topological polar surface area (TPSA) is 73.0 Å². The number of nitrogens with zero attached hydrogens (tertiary/aromatic N) is 3. The molecule has 0 spiro atoms. The minimum atomic E-state index is -0.998. The summed E-state index contributed by atoms with van der Waals surface area (Å²) in [5.41, 5.74) is 2.92. The van der Waals surface area contributed by atoms with Crippen molar-refractivity contribution in [3.8, 4) is 0 Å². The molecular formula is C31H39FN4O3. The third-order valence-electron chi connectivity index (χ3n) is 8.43. The van der Waals surface area contributed by atoms with Gasteiger partial charge in [0.2, 0.25) is 17.7 Å². The lowest BCUT2D eigenvalue weighted by atomic mass is 9.87. The summed E-state index contributed by atoms with van der Waals surface area (Å²) in [6, 6.07) is 11.4. The SMILES string of the molecule is CC(C)C[C@@H]1C(=O)NC(C2Cc3ccccc3C2)C(=O)N1[C@@H](C(=O)N1CCCN(C)CC1)c1ccc(F)cc1. The molecule has 3 aliphatic rings. The molecule has 0 bridgehead atoms. The molecule has 2 fully saturated rings. The van der Waals surface area contributed by atoms with Crippen LogP contribution < -0.4 is 5.32 Å². The van der Waals surface area contributed by atoms with Crippen molar-refractivity contribution in [1.29, 1.82) is 0 Å². The third kappa shape index (κ3) is 5.71. The summed E-state index contributed by atoms with van der Waals surface area (Å²) in [4.78, 5) is 48.0. The fourth-order valence-electron chi connectivity index (χ4n) is 6.38. The van der Waals surface area contributed by atoms with E-state index in [9.17, 15) is 18.8 Å². The second kappa shape index (κ2) is 11.5. The van der Waals surface area contributed by atoms with E-state index >= 15 is 0 Å². The van der Waals surface area contributed by atoms with E-state index in [0.717, 1.165) is 19.5 Å². The Labute approximate surface area is 230 Å². The molecular weight excluding hydrogens is 495 g/mol. The number of nitrogens with one attached hydrogen (secondary N) is 1. The predicted octanol–water partition coefficient (Wildman–Crippen LogP) is 3.19. The first-order chi connectivity index (χ1) is 18.7. The maximum absolute atomic E-state index is 14.4. The number of rotatable bonds is 6. The van der Waals surface area contributed by atoms with Gasteiger partial charge < -0.3 is 20.0 Å². The lowest BCUT2D eigenvalue weighted by Gasteiger charge is -2.45. The second-order valence-corrected chi connectivity index (χ2v) is 11.8. The first-order valence-corrected chi connectivity index (χ1v) is 14.1. The highest BCUT2D eigenvalue weighted by Crippen LogP contribution is 2.36. The van der Waals surface area contributed by atoms with Crippen molar-refractivity contribution < 1.29 is 18.8 Å². The van der Waals surface area contributed by atoms with Crippen LogP contribution in [0.5, 0.6) is 0 Å². The largest absolute Gasteiger partial charge is 0.342 e. The van der Waals surface area contributed by atoms with E-state index in [-0.39, 0.29) is 29.6 Å². The molecule has 2 aliphatic heterocycles. The highest BCUT2D eigenvalue weighted by Gasteiger charge is 2.50. The Morgan fingerprint density at radius 1 is 0.974 bits per heavy atom. The molecule has 0 saturated carbocycles. The Hall–Kier alpha value is -3.26. The first kappa shape index (κ1) is 27.3. The molecule has 2 aromatic carbocycles. The second-order valence-electron chi connectivity index (χ2n) is 11.8. The minimum Gasteiger partial charge on any atom is -0.342 e. The lowest BCUT2D eigenvalue weighted by molar-refractivity contribution is -0.160. The van der Waals surface area contributed by atoms with Crippen molar-refractivity contribution in [3.05, 3.63) is 71.0 Å². The van der Waals surface area contributed by atoms with Gasteiger partial charge in [-0.1, -0.05) is 50.2 Å². The van der Waals surface area contributed by atoms with Crippen LogP contribution in [-0.4, -0.2) is 77.7 Å². The summed E-state index contributed by atoms with van der Waals surface area (Å²) < 4.78 is 14.0. The fourth-order valence-corrected chi connectivity index (χ4v) is 6.38. The normalized spacial score (nSPS) is 23.5. The van der Waals surface area contributed by atoms with Crippen LogP contribution in [0.2, 0.25) is 0 Å². The quantitative estimate of drug-likeness (QED) is 0.618. The smallest absolute Gasteiger partial charge is 0.250 e. The number of amides is 3. The zero-order valence-electron chi connectivity index (χ0n) is 23.1. The van der Waals surface area contributed by atoms with Crippen molar-refractivity contribution >= 4 is 17.7 Å². The molecule has 2 heterocycles. The molecule has 39 heavy (non-hydrogen) atoms. The van der Waals surface area contributed by atoms with Crippen molar-refractivity contribution in [3.63, 3.8) is 0 Å². The van der Waals surface area contributed by atoms with E-state index in [1.54, 1.807) is 17.0 Å². The molecule has 208 valence electrons. The average Bonchev–Trinajstić information content (AvgIpc) is 3.22. The van der Waals surface area contributed by atoms with Gasteiger partial charge in [0.1, 0.15) is 23.9 Å². The standard InChI is InChI=1S/C31H39FN4O3/c1-20(2)17-26-29(37)33-27(24-18-22-7-4-5-8-23(22)19-24)30(38)36(26)28(21-9-11-25(32)12-10-21)31(39)35-14-6-13-34(3)15-16-35/h4-5,7-12,20,24,26-28H,6,13-19H2,1-3H3,(H,33,37)/t26-,27?,28-/m1/s1. The Kier molecular flexibility index (Phi) is 8.03. The zero-order chi connectivity index (χ0) is 27.7. The van der Waals surface area contributed by atoms with Crippen molar-refractivity contribution in [2.75, 3.05) is 33.2 Å². The maximum atomic E-state index is 14.4. The molecule has 7 nitrogen and oxygen atoms in total. The van der Waals surface area contributed by atoms with E-state index in [1.165, 1.54) is 23.3 Å². The molecule has 2 saturated heterocycles. The number of hydrogen-bond donors (Lipinski definition) is 1. The number of piperazine rings is 1. The predicted molar refractivity (Wildman–Crippen MR) is 147 cm³/mol. The van der Waals surface area contributed by atoms with Crippen LogP contribution in [0.4, 0.5) is 4.39 Å². The van der Waals surface area contributed by atoms with E-state index in [4.69, 9.17) is 0 Å². The Morgan fingerprint density at radius 2 is 1.64 bits per heavy atom. The number of likely N-dealkylation sites (N-methyl/N-ethyl adjacent to an activating group) is 1. The van der Waals surface area contributed by atoms with Gasteiger partial charge in [0.15, 0.2) is 0 Å². The molecule has 5 rings (SSSR count). The van der Waals surface area contributed by atoms with Crippen LogP contribution in [0.15, 0.2) is 48.5 Å². The molecule has 1 N–H and O–H groups in total. The van der Waals surface area contributed by atoms with Crippen LogP contribution in [0.1, 0.15) is 49.4 Å². The Morgan fingerprint density at radius 3 is 2.28 bits per heavy atom. The van der Waals surface area contributed by atoms with Crippen LogP contribution in [0, 0.1) is 17.7 Å². The summed E-state index contributed by atoms with van der Waals surface area (Å²) in [6.45, 7) is 6.75. The van der Waals surface area contributed by atoms with Gasteiger partial charge in [0, 0.05) is 19.6 Å². The van der Waals surface area contributed by atoms with Gasteiger partial charge in [-0.3, -0.25) is 14.4 Å². The summed E-state index contributed by atoms with van der Waals surface area (Å²) in [6.07, 6.45) is 2.65.